The number of benzene rings is 2. The van der Waals surface area contributed by atoms with Crippen molar-refractivity contribution in [3.8, 4) is 0 Å². The van der Waals surface area contributed by atoms with Gasteiger partial charge in [0.05, 0.1) is 19.1 Å². The minimum Gasteiger partial charge on any atom is -0.465 e. The van der Waals surface area contributed by atoms with E-state index in [2.05, 4.69) is 0 Å². The van der Waals surface area contributed by atoms with Crippen molar-refractivity contribution in [2.75, 3.05) is 13.2 Å². The molecule has 126 valence electrons. The molecule has 1 unspecified atom stereocenters. The van der Waals surface area contributed by atoms with Gasteiger partial charge < -0.3 is 9.64 Å². The summed E-state index contributed by atoms with van der Waals surface area (Å²) in [5.41, 5.74) is 1.92. The molecule has 1 atom stereocenters. The molecule has 2 rings (SSSR count). The van der Waals surface area contributed by atoms with E-state index < -0.39 is 0 Å². The second-order valence-electron chi connectivity index (χ2n) is 5.58. The molecule has 0 bridgehead atoms. The highest BCUT2D eigenvalue weighted by molar-refractivity contribution is 5.84. The van der Waals surface area contributed by atoms with Crippen LogP contribution in [0.15, 0.2) is 60.7 Å². The first-order chi connectivity index (χ1) is 11.6. The molecule has 4 nitrogen and oxygen atoms in total. The van der Waals surface area contributed by atoms with Crippen LogP contribution in [0.1, 0.15) is 31.0 Å². The fourth-order valence-electron chi connectivity index (χ4n) is 2.57. The predicted octanol–water partition coefficient (Wildman–Crippen LogP) is 3.38. The van der Waals surface area contributed by atoms with Crippen molar-refractivity contribution in [1.29, 1.82) is 0 Å². The summed E-state index contributed by atoms with van der Waals surface area (Å²) < 4.78 is 5.03. The Labute approximate surface area is 143 Å². The van der Waals surface area contributed by atoms with Crippen LogP contribution in [0.2, 0.25) is 0 Å². The molecule has 0 aliphatic carbocycles. The van der Waals surface area contributed by atoms with Crippen LogP contribution in [0.3, 0.4) is 0 Å². The molecule has 2 aromatic rings. The molecule has 4 heteroatoms. The fraction of sp³-hybridized carbons (Fsp3) is 0.300. The van der Waals surface area contributed by atoms with Gasteiger partial charge in [-0.25, -0.2) is 0 Å². The Morgan fingerprint density at radius 1 is 1.00 bits per heavy atom. The van der Waals surface area contributed by atoms with Gasteiger partial charge in [-0.15, -0.1) is 0 Å². The molecule has 0 aromatic heterocycles. The molecule has 24 heavy (non-hydrogen) atoms. The molecule has 0 radical (unpaired) electrons. The largest absolute Gasteiger partial charge is 0.465 e. The molecule has 0 fully saturated rings. The summed E-state index contributed by atoms with van der Waals surface area (Å²) in [6.07, 6.45) is 0.261. The first kappa shape index (κ1) is 17.7. The van der Waals surface area contributed by atoms with E-state index in [9.17, 15) is 9.59 Å². The van der Waals surface area contributed by atoms with E-state index in [0.717, 1.165) is 11.1 Å². The number of amides is 1. The van der Waals surface area contributed by atoms with E-state index >= 15 is 0 Å². The van der Waals surface area contributed by atoms with Gasteiger partial charge in [0.1, 0.15) is 6.54 Å². The zero-order chi connectivity index (χ0) is 17.4. The summed E-state index contributed by atoms with van der Waals surface area (Å²) in [6.45, 7) is 3.95. The Morgan fingerprint density at radius 3 is 2.17 bits per heavy atom. The van der Waals surface area contributed by atoms with E-state index in [-0.39, 0.29) is 30.9 Å². The molecule has 1 amide bonds. The summed E-state index contributed by atoms with van der Waals surface area (Å²) in [4.78, 5) is 26.3. The van der Waals surface area contributed by atoms with Crippen molar-refractivity contribution in [2.45, 2.75) is 26.3 Å². The van der Waals surface area contributed by atoms with Crippen molar-refractivity contribution < 1.29 is 14.3 Å². The molecule has 2 aromatic carbocycles. The van der Waals surface area contributed by atoms with Crippen LogP contribution in [-0.4, -0.2) is 29.9 Å². The third-order valence-corrected chi connectivity index (χ3v) is 3.87. The van der Waals surface area contributed by atoms with E-state index in [4.69, 9.17) is 4.74 Å². The molecule has 0 aliphatic rings. The Hall–Kier alpha value is -2.62. The maximum atomic E-state index is 12.8. The summed E-state index contributed by atoms with van der Waals surface area (Å²) in [7, 11) is 0. The van der Waals surface area contributed by atoms with Gasteiger partial charge >= 0.3 is 5.97 Å². The minimum absolute atomic E-state index is 0.0461. The summed E-state index contributed by atoms with van der Waals surface area (Å²) in [6, 6.07) is 19.0. The maximum absolute atomic E-state index is 12.8. The van der Waals surface area contributed by atoms with Crippen LogP contribution in [0.5, 0.6) is 0 Å². The van der Waals surface area contributed by atoms with Crippen LogP contribution in [0.4, 0.5) is 0 Å². The van der Waals surface area contributed by atoms with E-state index in [1.54, 1.807) is 11.8 Å². The number of rotatable bonds is 7. The quantitative estimate of drug-likeness (QED) is 0.733. The van der Waals surface area contributed by atoms with Crippen LogP contribution in [-0.2, 0) is 20.7 Å². The SMILES string of the molecule is CCOC(=O)CN(C(=O)Cc1ccccc1)C(C)c1ccccc1. The number of ether oxygens (including phenoxy) is 1. The fourth-order valence-corrected chi connectivity index (χ4v) is 2.57. The second kappa shape index (κ2) is 8.87. The topological polar surface area (TPSA) is 46.6 Å². The number of carbonyl (C=O) groups is 2. The van der Waals surface area contributed by atoms with Gasteiger partial charge in [-0.05, 0) is 25.0 Å². The lowest BCUT2D eigenvalue weighted by Crippen LogP contribution is -2.39. The molecule has 0 N–H and O–H groups in total. The van der Waals surface area contributed by atoms with Crippen LogP contribution in [0.25, 0.3) is 0 Å². The lowest BCUT2D eigenvalue weighted by Gasteiger charge is -2.29. The number of nitrogens with zero attached hydrogens (tertiary/aromatic N) is 1. The van der Waals surface area contributed by atoms with Crippen molar-refractivity contribution in [3.63, 3.8) is 0 Å². The Balaban J connectivity index is 2.18. The number of hydrogen-bond acceptors (Lipinski definition) is 3. The van der Waals surface area contributed by atoms with Gasteiger partial charge in [-0.1, -0.05) is 60.7 Å². The van der Waals surface area contributed by atoms with Crippen molar-refractivity contribution in [1.82, 2.24) is 4.90 Å². The number of hydrogen-bond donors (Lipinski definition) is 0. The van der Waals surface area contributed by atoms with E-state index in [1.807, 2.05) is 67.6 Å². The smallest absolute Gasteiger partial charge is 0.325 e. The summed E-state index contributed by atoms with van der Waals surface area (Å²) in [5, 5.41) is 0. The Morgan fingerprint density at radius 2 is 1.58 bits per heavy atom. The van der Waals surface area contributed by atoms with Crippen LogP contribution in [0, 0.1) is 0 Å². The average Bonchev–Trinajstić information content (AvgIpc) is 2.61. The third kappa shape index (κ3) is 4.95. The molecule has 0 aliphatic heterocycles. The normalized spacial score (nSPS) is 11.6. The Kier molecular flexibility index (Phi) is 6.55. The third-order valence-electron chi connectivity index (χ3n) is 3.87. The first-order valence-electron chi connectivity index (χ1n) is 8.15. The zero-order valence-electron chi connectivity index (χ0n) is 14.1. The number of carbonyl (C=O) groups excluding carboxylic acids is 2. The van der Waals surface area contributed by atoms with Crippen molar-refractivity contribution in [3.05, 3.63) is 71.8 Å². The van der Waals surface area contributed by atoms with Gasteiger partial charge in [0.25, 0.3) is 0 Å². The Bertz CT molecular complexity index is 655. The first-order valence-corrected chi connectivity index (χ1v) is 8.15. The predicted molar refractivity (Wildman–Crippen MR) is 93.3 cm³/mol. The van der Waals surface area contributed by atoms with Crippen molar-refractivity contribution in [2.24, 2.45) is 0 Å². The lowest BCUT2D eigenvalue weighted by molar-refractivity contribution is -0.150. The lowest BCUT2D eigenvalue weighted by atomic mass is 10.1. The standard InChI is InChI=1S/C20H23NO3/c1-3-24-20(23)15-21(16(2)18-12-8-5-9-13-18)19(22)14-17-10-6-4-7-11-17/h4-13,16H,3,14-15H2,1-2H3. The van der Waals surface area contributed by atoms with Gasteiger partial charge in [-0.3, -0.25) is 9.59 Å². The number of esters is 1. The highest BCUT2D eigenvalue weighted by atomic mass is 16.5. The van der Waals surface area contributed by atoms with Gasteiger partial charge in [-0.2, -0.15) is 0 Å². The highest BCUT2D eigenvalue weighted by Crippen LogP contribution is 2.21. The monoisotopic (exact) mass is 325 g/mol. The molecular formula is C20H23NO3. The molecule has 0 heterocycles. The van der Waals surface area contributed by atoms with E-state index in [0.29, 0.717) is 6.61 Å². The molecular weight excluding hydrogens is 302 g/mol. The zero-order valence-corrected chi connectivity index (χ0v) is 14.1. The highest BCUT2D eigenvalue weighted by Gasteiger charge is 2.24. The molecule has 0 saturated carbocycles. The average molecular weight is 325 g/mol. The van der Waals surface area contributed by atoms with Gasteiger partial charge in [0.2, 0.25) is 5.91 Å². The van der Waals surface area contributed by atoms with Gasteiger partial charge in [0.15, 0.2) is 0 Å². The van der Waals surface area contributed by atoms with Gasteiger partial charge in [0, 0.05) is 0 Å². The molecule has 0 saturated heterocycles. The van der Waals surface area contributed by atoms with Crippen LogP contribution < -0.4 is 0 Å². The summed E-state index contributed by atoms with van der Waals surface area (Å²) >= 11 is 0. The summed E-state index contributed by atoms with van der Waals surface area (Å²) in [5.74, 6) is -0.479. The van der Waals surface area contributed by atoms with Crippen molar-refractivity contribution >= 4 is 11.9 Å². The van der Waals surface area contributed by atoms with E-state index in [1.165, 1.54) is 0 Å². The minimum atomic E-state index is -0.387. The second-order valence-corrected chi connectivity index (χ2v) is 5.58. The maximum Gasteiger partial charge on any atom is 0.325 e. The molecule has 0 spiro atoms. The van der Waals surface area contributed by atoms with Crippen LogP contribution >= 0.6 is 0 Å².